The van der Waals surface area contributed by atoms with E-state index in [9.17, 15) is 4.79 Å². The Balaban J connectivity index is 2.55. The van der Waals surface area contributed by atoms with Crippen LogP contribution in [0.2, 0.25) is 0 Å². The van der Waals surface area contributed by atoms with Gasteiger partial charge in [0.1, 0.15) is 5.01 Å². The highest BCUT2D eigenvalue weighted by molar-refractivity contribution is 7.13. The molecule has 1 aromatic heterocycles. The van der Waals surface area contributed by atoms with Crippen LogP contribution in [0.4, 0.5) is 5.69 Å². The zero-order chi connectivity index (χ0) is 10.8. The standard InChI is InChI=1S/C10H8N2O2S/c11-8-2-1-6(10(13)14)5-7(8)9-12-3-4-15-9/h1-5H,11H2,(H,13,14). The Morgan fingerprint density at radius 3 is 2.87 bits per heavy atom. The maximum atomic E-state index is 10.8. The zero-order valence-electron chi connectivity index (χ0n) is 7.68. The lowest BCUT2D eigenvalue weighted by Crippen LogP contribution is -1.98. The molecule has 0 radical (unpaired) electrons. The summed E-state index contributed by atoms with van der Waals surface area (Å²) in [5.41, 5.74) is 7.18. The molecule has 0 bridgehead atoms. The van der Waals surface area contributed by atoms with E-state index in [2.05, 4.69) is 4.98 Å². The Labute approximate surface area is 90.0 Å². The smallest absolute Gasteiger partial charge is 0.335 e. The Morgan fingerprint density at radius 1 is 1.47 bits per heavy atom. The van der Waals surface area contributed by atoms with Crippen molar-refractivity contribution in [3.63, 3.8) is 0 Å². The summed E-state index contributed by atoms with van der Waals surface area (Å²) in [7, 11) is 0. The predicted octanol–water partition coefficient (Wildman–Crippen LogP) is 2.09. The van der Waals surface area contributed by atoms with Crippen molar-refractivity contribution in [3.05, 3.63) is 35.3 Å². The number of nitrogens with zero attached hydrogens (tertiary/aromatic N) is 1. The number of benzene rings is 1. The first-order valence-corrected chi connectivity index (χ1v) is 5.09. The molecule has 0 fully saturated rings. The van der Waals surface area contributed by atoms with Gasteiger partial charge in [-0.2, -0.15) is 0 Å². The van der Waals surface area contributed by atoms with Crippen LogP contribution in [-0.4, -0.2) is 16.1 Å². The lowest BCUT2D eigenvalue weighted by molar-refractivity contribution is 0.0697. The molecule has 2 rings (SSSR count). The van der Waals surface area contributed by atoms with E-state index in [1.165, 1.54) is 23.5 Å². The Bertz CT molecular complexity index is 494. The van der Waals surface area contributed by atoms with Crippen LogP contribution in [0.3, 0.4) is 0 Å². The summed E-state index contributed by atoms with van der Waals surface area (Å²) < 4.78 is 0. The molecule has 0 saturated heterocycles. The molecule has 4 nitrogen and oxygen atoms in total. The Kier molecular flexibility index (Phi) is 2.39. The molecular weight excluding hydrogens is 212 g/mol. The fraction of sp³-hybridized carbons (Fsp3) is 0. The van der Waals surface area contributed by atoms with Gasteiger partial charge in [-0.25, -0.2) is 9.78 Å². The second kappa shape index (κ2) is 3.70. The Hall–Kier alpha value is -1.88. The number of nitrogens with two attached hydrogens (primary N) is 1. The third-order valence-electron chi connectivity index (χ3n) is 1.96. The van der Waals surface area contributed by atoms with Gasteiger partial charge in [-0.15, -0.1) is 11.3 Å². The van der Waals surface area contributed by atoms with Crippen LogP contribution in [0.5, 0.6) is 0 Å². The SMILES string of the molecule is Nc1ccc(C(=O)O)cc1-c1nccs1. The summed E-state index contributed by atoms with van der Waals surface area (Å²) >= 11 is 1.43. The van der Waals surface area contributed by atoms with E-state index in [1.807, 2.05) is 5.38 Å². The number of aromatic carboxylic acids is 1. The van der Waals surface area contributed by atoms with E-state index < -0.39 is 5.97 Å². The number of hydrogen-bond acceptors (Lipinski definition) is 4. The van der Waals surface area contributed by atoms with Crippen LogP contribution < -0.4 is 5.73 Å². The van der Waals surface area contributed by atoms with Crippen molar-refractivity contribution in [1.29, 1.82) is 0 Å². The number of aromatic nitrogens is 1. The van der Waals surface area contributed by atoms with E-state index >= 15 is 0 Å². The van der Waals surface area contributed by atoms with E-state index in [-0.39, 0.29) is 5.56 Å². The van der Waals surface area contributed by atoms with Gasteiger partial charge in [-0.05, 0) is 18.2 Å². The summed E-state index contributed by atoms with van der Waals surface area (Å²) in [5, 5.41) is 11.4. The molecule has 1 heterocycles. The van der Waals surface area contributed by atoms with E-state index in [1.54, 1.807) is 12.3 Å². The molecule has 0 aliphatic rings. The van der Waals surface area contributed by atoms with Gasteiger partial charge in [-0.1, -0.05) is 0 Å². The van der Waals surface area contributed by atoms with Crippen LogP contribution in [0.1, 0.15) is 10.4 Å². The molecule has 0 atom stereocenters. The highest BCUT2D eigenvalue weighted by Gasteiger charge is 2.09. The lowest BCUT2D eigenvalue weighted by atomic mass is 10.1. The van der Waals surface area contributed by atoms with Gasteiger partial charge in [-0.3, -0.25) is 0 Å². The molecule has 0 unspecified atom stereocenters. The van der Waals surface area contributed by atoms with Gasteiger partial charge in [0.25, 0.3) is 0 Å². The van der Waals surface area contributed by atoms with Gasteiger partial charge in [0.15, 0.2) is 0 Å². The number of hydrogen-bond donors (Lipinski definition) is 2. The average molecular weight is 220 g/mol. The summed E-state index contributed by atoms with van der Waals surface area (Å²) in [4.78, 5) is 14.9. The van der Waals surface area contributed by atoms with E-state index in [0.717, 1.165) is 5.01 Å². The van der Waals surface area contributed by atoms with Gasteiger partial charge >= 0.3 is 5.97 Å². The van der Waals surface area contributed by atoms with Crippen molar-refractivity contribution in [1.82, 2.24) is 4.98 Å². The first-order chi connectivity index (χ1) is 7.18. The van der Waals surface area contributed by atoms with Crippen molar-refractivity contribution >= 4 is 23.0 Å². The molecule has 0 aliphatic carbocycles. The van der Waals surface area contributed by atoms with Crippen LogP contribution in [-0.2, 0) is 0 Å². The minimum Gasteiger partial charge on any atom is -0.478 e. The van der Waals surface area contributed by atoms with Gasteiger partial charge in [0.05, 0.1) is 5.56 Å². The second-order valence-corrected chi connectivity index (χ2v) is 3.84. The summed E-state index contributed by atoms with van der Waals surface area (Å²) in [5.74, 6) is -0.965. The van der Waals surface area contributed by atoms with Crippen molar-refractivity contribution in [2.75, 3.05) is 5.73 Å². The van der Waals surface area contributed by atoms with Crippen LogP contribution in [0, 0.1) is 0 Å². The molecule has 76 valence electrons. The molecule has 2 aromatic rings. The maximum Gasteiger partial charge on any atom is 0.335 e. The highest BCUT2D eigenvalue weighted by atomic mass is 32.1. The van der Waals surface area contributed by atoms with Crippen LogP contribution >= 0.6 is 11.3 Å². The maximum absolute atomic E-state index is 10.8. The normalized spacial score (nSPS) is 10.1. The number of anilines is 1. The number of thiazole rings is 1. The summed E-state index contributed by atoms with van der Waals surface area (Å²) in [6, 6.07) is 4.60. The minimum absolute atomic E-state index is 0.217. The number of nitrogen functional groups attached to an aromatic ring is 1. The molecule has 0 amide bonds. The lowest BCUT2D eigenvalue weighted by Gasteiger charge is -2.03. The largest absolute Gasteiger partial charge is 0.478 e. The van der Waals surface area contributed by atoms with Crippen molar-refractivity contribution in [3.8, 4) is 10.6 Å². The molecule has 5 heteroatoms. The average Bonchev–Trinajstić information content (AvgIpc) is 2.71. The fourth-order valence-electron chi connectivity index (χ4n) is 1.23. The minimum atomic E-state index is -0.965. The van der Waals surface area contributed by atoms with Gasteiger partial charge in [0.2, 0.25) is 0 Å². The third kappa shape index (κ3) is 1.82. The quantitative estimate of drug-likeness (QED) is 0.760. The zero-order valence-corrected chi connectivity index (χ0v) is 8.49. The third-order valence-corrected chi connectivity index (χ3v) is 2.77. The number of rotatable bonds is 2. The van der Waals surface area contributed by atoms with Gasteiger partial charge in [0, 0.05) is 22.8 Å². The van der Waals surface area contributed by atoms with Crippen LogP contribution in [0.15, 0.2) is 29.8 Å². The molecular formula is C10H8N2O2S. The number of carboxylic acid groups (broad SMARTS) is 1. The highest BCUT2D eigenvalue weighted by Crippen LogP contribution is 2.28. The number of carbonyl (C=O) groups is 1. The summed E-state index contributed by atoms with van der Waals surface area (Å²) in [6.45, 7) is 0. The van der Waals surface area contributed by atoms with Crippen molar-refractivity contribution in [2.24, 2.45) is 0 Å². The molecule has 3 N–H and O–H groups in total. The molecule has 0 spiro atoms. The molecule has 1 aromatic carbocycles. The topological polar surface area (TPSA) is 76.2 Å². The van der Waals surface area contributed by atoms with Crippen molar-refractivity contribution < 1.29 is 9.90 Å². The second-order valence-electron chi connectivity index (χ2n) is 2.94. The number of carboxylic acids is 1. The van der Waals surface area contributed by atoms with Gasteiger partial charge < -0.3 is 10.8 Å². The van der Waals surface area contributed by atoms with Crippen LogP contribution in [0.25, 0.3) is 10.6 Å². The predicted molar refractivity (Wildman–Crippen MR) is 58.9 cm³/mol. The molecule has 15 heavy (non-hydrogen) atoms. The summed E-state index contributed by atoms with van der Waals surface area (Å²) in [6.07, 6.45) is 1.66. The van der Waals surface area contributed by atoms with E-state index in [4.69, 9.17) is 10.8 Å². The van der Waals surface area contributed by atoms with E-state index in [0.29, 0.717) is 11.3 Å². The van der Waals surface area contributed by atoms with Crippen molar-refractivity contribution in [2.45, 2.75) is 0 Å². The Morgan fingerprint density at radius 2 is 2.27 bits per heavy atom. The molecule has 0 aliphatic heterocycles. The molecule has 0 saturated carbocycles. The fourth-order valence-corrected chi connectivity index (χ4v) is 1.91. The first kappa shape index (κ1) is 9.67. The monoisotopic (exact) mass is 220 g/mol. The first-order valence-electron chi connectivity index (χ1n) is 4.21.